The molecule has 0 aromatic carbocycles. The van der Waals surface area contributed by atoms with Gasteiger partial charge in [0.15, 0.2) is 0 Å². The van der Waals surface area contributed by atoms with Crippen LogP contribution in [0.25, 0.3) is 0 Å². The van der Waals surface area contributed by atoms with E-state index in [2.05, 4.69) is 23.9 Å². The van der Waals surface area contributed by atoms with E-state index in [-0.39, 0.29) is 4.87 Å². The molecule has 0 bridgehead atoms. The van der Waals surface area contributed by atoms with Gasteiger partial charge in [-0.2, -0.15) is 0 Å². The van der Waals surface area contributed by atoms with E-state index < -0.39 is 0 Å². The van der Waals surface area contributed by atoms with Crippen molar-refractivity contribution in [3.8, 4) is 0 Å². The summed E-state index contributed by atoms with van der Waals surface area (Å²) in [6.07, 6.45) is 2.24. The van der Waals surface area contributed by atoms with Gasteiger partial charge in [0.1, 0.15) is 0 Å². The van der Waals surface area contributed by atoms with Crippen LogP contribution < -0.4 is 0 Å². The average Bonchev–Trinajstić information content (AvgIpc) is 2.64. The molecule has 0 unspecified atom stereocenters. The number of carbonyl (C=O) groups excluding carboxylic acids is 1. The van der Waals surface area contributed by atoms with Gasteiger partial charge in [-0.15, -0.1) is 0 Å². The van der Waals surface area contributed by atoms with E-state index in [1.165, 1.54) is 0 Å². The van der Waals surface area contributed by atoms with Gasteiger partial charge in [0.2, 0.25) is 5.12 Å². The summed E-state index contributed by atoms with van der Waals surface area (Å²) < 4.78 is 0. The second-order valence-corrected chi connectivity index (χ2v) is 5.50. The molecule has 2 aliphatic rings. The number of piperidine rings is 1. The van der Waals surface area contributed by atoms with Crippen LogP contribution in [0.15, 0.2) is 0 Å². The van der Waals surface area contributed by atoms with Gasteiger partial charge in [-0.3, -0.25) is 9.69 Å². The molecule has 0 atom stereocenters. The third-order valence-corrected chi connectivity index (χ3v) is 4.59. The van der Waals surface area contributed by atoms with Crippen LogP contribution in [-0.2, 0) is 4.79 Å². The van der Waals surface area contributed by atoms with Gasteiger partial charge in [-0.1, -0.05) is 39.5 Å². The molecule has 0 amide bonds. The van der Waals surface area contributed by atoms with Crippen LogP contribution in [0.5, 0.6) is 0 Å². The fourth-order valence-corrected chi connectivity index (χ4v) is 3.40. The van der Waals surface area contributed by atoms with Crippen molar-refractivity contribution in [1.29, 1.82) is 0 Å². The maximum Gasteiger partial charge on any atom is 0.204 e. The fraction of sp³-hybridized carbons (Fsp3) is 0.923. The molecule has 0 aliphatic carbocycles. The van der Waals surface area contributed by atoms with Crippen LogP contribution in [-0.4, -0.2) is 53.5 Å². The van der Waals surface area contributed by atoms with Crippen LogP contribution >= 0.6 is 11.8 Å². The molecule has 2 rings (SSSR count). The minimum Gasteiger partial charge on any atom is -0.306 e. The molecule has 4 heteroatoms. The first-order chi connectivity index (χ1) is 8.12. The zero-order valence-corrected chi connectivity index (χ0v) is 13.1. The van der Waals surface area contributed by atoms with Crippen molar-refractivity contribution in [3.63, 3.8) is 0 Å². The number of carbonyl (C=O) groups is 1. The van der Waals surface area contributed by atoms with Crippen LogP contribution in [0.4, 0.5) is 0 Å². The average molecular weight is 260 g/mol. The Hall–Kier alpha value is -0.0600. The second-order valence-electron chi connectivity index (χ2n) is 4.08. The van der Waals surface area contributed by atoms with Gasteiger partial charge in [0.05, 0.1) is 11.4 Å². The maximum atomic E-state index is 11.3. The number of thioether (sulfide) groups is 1. The quantitative estimate of drug-likeness (QED) is 0.668. The predicted molar refractivity (Wildman–Crippen MR) is 77.4 cm³/mol. The Kier molecular flexibility index (Phi) is 8.09. The lowest BCUT2D eigenvalue weighted by Gasteiger charge is -2.40. The number of likely N-dealkylation sites (N-methyl/N-ethyl adjacent to an activating group) is 1. The summed E-state index contributed by atoms with van der Waals surface area (Å²) in [6.45, 7) is 10.9. The van der Waals surface area contributed by atoms with Gasteiger partial charge in [-0.05, 0) is 26.9 Å². The summed E-state index contributed by atoms with van der Waals surface area (Å²) in [6, 6.07) is 0. The van der Waals surface area contributed by atoms with E-state index in [0.29, 0.717) is 11.7 Å². The highest BCUT2D eigenvalue weighted by molar-refractivity contribution is 8.15. The van der Waals surface area contributed by atoms with E-state index in [0.717, 1.165) is 25.9 Å². The lowest BCUT2D eigenvalue weighted by atomic mass is 10.0. The molecule has 2 saturated heterocycles. The highest BCUT2D eigenvalue weighted by Gasteiger charge is 2.45. The maximum absolute atomic E-state index is 11.3. The van der Waals surface area contributed by atoms with Gasteiger partial charge >= 0.3 is 0 Å². The lowest BCUT2D eigenvalue weighted by molar-refractivity contribution is -0.111. The Morgan fingerprint density at radius 1 is 1.06 bits per heavy atom. The molecule has 2 heterocycles. The Labute approximate surface area is 111 Å². The molecule has 0 aromatic rings. The summed E-state index contributed by atoms with van der Waals surface area (Å²) in [4.78, 5) is 16.0. The SMILES string of the molecule is CC.CC.CN1CCC2(CC1)SC(=O)CN2C. The van der Waals surface area contributed by atoms with E-state index in [1.807, 2.05) is 27.7 Å². The van der Waals surface area contributed by atoms with Crippen molar-refractivity contribution in [3.05, 3.63) is 0 Å². The van der Waals surface area contributed by atoms with Crippen molar-refractivity contribution in [2.45, 2.75) is 45.4 Å². The number of nitrogens with zero attached hydrogens (tertiary/aromatic N) is 2. The zero-order valence-electron chi connectivity index (χ0n) is 12.2. The van der Waals surface area contributed by atoms with Crippen LogP contribution in [0.1, 0.15) is 40.5 Å². The first-order valence-corrected chi connectivity index (χ1v) is 7.56. The number of hydrogen-bond acceptors (Lipinski definition) is 4. The highest BCUT2D eigenvalue weighted by Crippen LogP contribution is 2.43. The van der Waals surface area contributed by atoms with E-state index >= 15 is 0 Å². The Balaban J connectivity index is 0.000000581. The van der Waals surface area contributed by atoms with Gasteiger partial charge < -0.3 is 4.90 Å². The standard InChI is InChI=1S/C9H16N2OS.2C2H6/c1-10-5-3-9(4-6-10)11(2)7-8(12)13-9;2*1-2/h3-7H2,1-2H3;2*1-2H3. The minimum atomic E-state index is 0.142. The summed E-state index contributed by atoms with van der Waals surface area (Å²) in [5, 5.41) is 0.340. The number of rotatable bonds is 0. The van der Waals surface area contributed by atoms with Crippen molar-refractivity contribution in [2.24, 2.45) is 0 Å². The molecule has 0 N–H and O–H groups in total. The summed E-state index contributed by atoms with van der Waals surface area (Å²) in [5.74, 6) is 0. The van der Waals surface area contributed by atoms with Gasteiger partial charge in [-0.25, -0.2) is 0 Å². The van der Waals surface area contributed by atoms with Gasteiger partial charge in [0, 0.05) is 13.1 Å². The first kappa shape index (κ1) is 16.9. The molecular formula is C13H28N2OS. The molecular weight excluding hydrogens is 232 g/mol. The smallest absolute Gasteiger partial charge is 0.204 e. The topological polar surface area (TPSA) is 23.6 Å². The second kappa shape index (κ2) is 8.11. The molecule has 3 nitrogen and oxygen atoms in total. The fourth-order valence-electron chi connectivity index (χ4n) is 2.11. The lowest BCUT2D eigenvalue weighted by Crippen LogP contribution is -2.47. The molecule has 0 aromatic heterocycles. The van der Waals surface area contributed by atoms with Gasteiger partial charge in [0.25, 0.3) is 0 Å². The summed E-state index contributed by atoms with van der Waals surface area (Å²) in [7, 11) is 4.22. The third kappa shape index (κ3) is 4.27. The molecule has 0 saturated carbocycles. The Morgan fingerprint density at radius 2 is 1.53 bits per heavy atom. The third-order valence-electron chi connectivity index (χ3n) is 3.13. The first-order valence-electron chi connectivity index (χ1n) is 6.74. The largest absolute Gasteiger partial charge is 0.306 e. The molecule has 2 fully saturated rings. The predicted octanol–water partition coefficient (Wildman–Crippen LogP) is 2.67. The van der Waals surface area contributed by atoms with Crippen LogP contribution in [0.2, 0.25) is 0 Å². The number of likely N-dealkylation sites (tertiary alicyclic amines) is 1. The normalized spacial score (nSPS) is 23.8. The minimum absolute atomic E-state index is 0.142. The number of hydrogen-bond donors (Lipinski definition) is 0. The molecule has 2 aliphatic heterocycles. The van der Waals surface area contributed by atoms with Crippen molar-refractivity contribution in [2.75, 3.05) is 33.7 Å². The molecule has 17 heavy (non-hydrogen) atoms. The van der Waals surface area contributed by atoms with Crippen LogP contribution in [0, 0.1) is 0 Å². The molecule has 0 radical (unpaired) electrons. The Bertz CT molecular complexity index is 225. The molecule has 102 valence electrons. The van der Waals surface area contributed by atoms with Crippen LogP contribution in [0.3, 0.4) is 0 Å². The zero-order chi connectivity index (χ0) is 13.5. The highest BCUT2D eigenvalue weighted by atomic mass is 32.2. The summed E-state index contributed by atoms with van der Waals surface area (Å²) in [5.41, 5.74) is 0. The van der Waals surface area contributed by atoms with E-state index in [4.69, 9.17) is 0 Å². The van der Waals surface area contributed by atoms with E-state index in [1.54, 1.807) is 11.8 Å². The summed E-state index contributed by atoms with van der Waals surface area (Å²) >= 11 is 1.56. The molecule has 1 spiro atoms. The van der Waals surface area contributed by atoms with Crippen molar-refractivity contribution >= 4 is 16.9 Å². The van der Waals surface area contributed by atoms with Crippen molar-refractivity contribution in [1.82, 2.24) is 9.80 Å². The van der Waals surface area contributed by atoms with E-state index in [9.17, 15) is 4.79 Å². The Morgan fingerprint density at radius 3 is 1.88 bits per heavy atom. The van der Waals surface area contributed by atoms with Crippen molar-refractivity contribution < 1.29 is 4.79 Å². The monoisotopic (exact) mass is 260 g/mol.